The maximum atomic E-state index is 12.6. The SMILES string of the molecule is Cc1csc(SCc2ccccc2C(=O)OC(C)C(=O)Nc2ccccc2)n1. The second kappa shape index (κ2) is 9.52. The normalized spacial score (nSPS) is 11.6. The lowest BCUT2D eigenvalue weighted by Crippen LogP contribution is -2.30. The van der Waals surface area contributed by atoms with Crippen molar-refractivity contribution in [3.63, 3.8) is 0 Å². The minimum absolute atomic E-state index is 0.371. The van der Waals surface area contributed by atoms with Gasteiger partial charge in [0.05, 0.1) is 5.56 Å². The fourth-order valence-electron chi connectivity index (χ4n) is 2.43. The Hall–Kier alpha value is -2.64. The van der Waals surface area contributed by atoms with E-state index in [9.17, 15) is 9.59 Å². The van der Waals surface area contributed by atoms with Crippen LogP contribution < -0.4 is 5.32 Å². The highest BCUT2D eigenvalue weighted by Crippen LogP contribution is 2.27. The zero-order valence-electron chi connectivity index (χ0n) is 15.5. The molecule has 3 rings (SSSR count). The molecule has 144 valence electrons. The monoisotopic (exact) mass is 412 g/mol. The van der Waals surface area contributed by atoms with Crippen molar-refractivity contribution in [2.45, 2.75) is 30.0 Å². The van der Waals surface area contributed by atoms with Crippen molar-refractivity contribution in [2.24, 2.45) is 0 Å². The van der Waals surface area contributed by atoms with Crippen LogP contribution in [0.3, 0.4) is 0 Å². The summed E-state index contributed by atoms with van der Waals surface area (Å²) >= 11 is 3.15. The van der Waals surface area contributed by atoms with Crippen molar-refractivity contribution in [1.29, 1.82) is 0 Å². The van der Waals surface area contributed by atoms with Crippen LogP contribution in [0.1, 0.15) is 28.5 Å². The molecule has 0 aliphatic rings. The average molecular weight is 413 g/mol. The second-order valence-electron chi connectivity index (χ2n) is 6.10. The van der Waals surface area contributed by atoms with Gasteiger partial charge in [-0.1, -0.05) is 48.2 Å². The molecule has 1 aromatic heterocycles. The Kier molecular flexibility index (Phi) is 6.84. The standard InChI is InChI=1S/C21H20N2O3S2/c1-14-12-27-21(22-14)28-13-16-8-6-7-11-18(16)20(25)26-15(2)19(24)23-17-9-4-3-5-10-17/h3-12,15H,13H2,1-2H3,(H,23,24). The van der Waals surface area contributed by atoms with Crippen molar-refractivity contribution in [3.8, 4) is 0 Å². The van der Waals surface area contributed by atoms with Crippen LogP contribution in [0, 0.1) is 6.92 Å². The summed E-state index contributed by atoms with van der Waals surface area (Å²) < 4.78 is 6.35. The van der Waals surface area contributed by atoms with Crippen LogP contribution in [0.5, 0.6) is 0 Å². The molecule has 1 N–H and O–H groups in total. The third kappa shape index (κ3) is 5.43. The summed E-state index contributed by atoms with van der Waals surface area (Å²) in [6.45, 7) is 3.51. The van der Waals surface area contributed by atoms with E-state index in [1.54, 1.807) is 54.3 Å². The van der Waals surface area contributed by atoms with E-state index >= 15 is 0 Å². The zero-order valence-corrected chi connectivity index (χ0v) is 17.2. The van der Waals surface area contributed by atoms with Gasteiger partial charge in [-0.05, 0) is 37.6 Å². The number of carbonyl (C=O) groups excluding carboxylic acids is 2. The highest BCUT2D eigenvalue weighted by Gasteiger charge is 2.21. The van der Waals surface area contributed by atoms with Crippen LogP contribution >= 0.6 is 23.1 Å². The average Bonchev–Trinajstić information content (AvgIpc) is 3.12. The van der Waals surface area contributed by atoms with Crippen molar-refractivity contribution in [3.05, 3.63) is 76.8 Å². The minimum atomic E-state index is -0.907. The van der Waals surface area contributed by atoms with Crippen molar-refractivity contribution in [2.75, 3.05) is 5.32 Å². The van der Waals surface area contributed by atoms with Gasteiger partial charge >= 0.3 is 5.97 Å². The number of carbonyl (C=O) groups is 2. The van der Waals surface area contributed by atoms with E-state index in [0.29, 0.717) is 17.0 Å². The molecule has 28 heavy (non-hydrogen) atoms. The molecular weight excluding hydrogens is 392 g/mol. The largest absolute Gasteiger partial charge is 0.449 e. The van der Waals surface area contributed by atoms with Crippen LogP contribution in [-0.4, -0.2) is 23.0 Å². The van der Waals surface area contributed by atoms with E-state index in [2.05, 4.69) is 10.3 Å². The lowest BCUT2D eigenvalue weighted by Gasteiger charge is -2.15. The molecule has 0 saturated carbocycles. The molecule has 0 aliphatic carbocycles. The molecule has 7 heteroatoms. The number of para-hydroxylation sites is 1. The second-order valence-corrected chi connectivity index (χ2v) is 8.18. The Balaban J connectivity index is 1.62. The first-order chi connectivity index (χ1) is 13.5. The number of thiazole rings is 1. The van der Waals surface area contributed by atoms with E-state index < -0.39 is 12.1 Å². The van der Waals surface area contributed by atoms with Gasteiger partial charge in [-0.15, -0.1) is 11.3 Å². The number of thioether (sulfide) groups is 1. The molecule has 0 saturated heterocycles. The predicted molar refractivity (Wildman–Crippen MR) is 113 cm³/mol. The topological polar surface area (TPSA) is 68.3 Å². The molecule has 2 aromatic carbocycles. The van der Waals surface area contributed by atoms with E-state index in [1.807, 2.05) is 42.6 Å². The maximum Gasteiger partial charge on any atom is 0.339 e. The van der Waals surface area contributed by atoms with Gasteiger partial charge in [-0.2, -0.15) is 0 Å². The number of nitrogens with one attached hydrogen (secondary N) is 1. The summed E-state index contributed by atoms with van der Waals surface area (Å²) in [6.07, 6.45) is -0.907. The molecular formula is C21H20N2O3S2. The van der Waals surface area contributed by atoms with Gasteiger partial charge in [0.1, 0.15) is 4.34 Å². The third-order valence-corrected chi connectivity index (χ3v) is 6.07. The predicted octanol–water partition coefficient (Wildman–Crippen LogP) is 4.93. The molecule has 0 fully saturated rings. The van der Waals surface area contributed by atoms with Crippen LogP contribution in [0.15, 0.2) is 64.3 Å². The number of hydrogen-bond donors (Lipinski definition) is 1. The van der Waals surface area contributed by atoms with Crippen LogP contribution in [-0.2, 0) is 15.3 Å². The quantitative estimate of drug-likeness (QED) is 0.440. The number of rotatable bonds is 7. The summed E-state index contributed by atoms with van der Waals surface area (Å²) in [5.41, 5.74) is 2.95. The van der Waals surface area contributed by atoms with Gasteiger partial charge in [0, 0.05) is 22.5 Å². The molecule has 3 aromatic rings. The lowest BCUT2D eigenvalue weighted by atomic mass is 10.1. The van der Waals surface area contributed by atoms with E-state index in [0.717, 1.165) is 15.6 Å². The lowest BCUT2D eigenvalue weighted by molar-refractivity contribution is -0.123. The maximum absolute atomic E-state index is 12.6. The summed E-state index contributed by atoms with van der Waals surface area (Å²) in [5.74, 6) is -0.282. The van der Waals surface area contributed by atoms with Crippen molar-refractivity contribution >= 4 is 40.7 Å². The van der Waals surface area contributed by atoms with Gasteiger partial charge in [0.2, 0.25) is 0 Å². The molecule has 0 bridgehead atoms. The molecule has 0 spiro atoms. The van der Waals surface area contributed by atoms with E-state index in [1.165, 1.54) is 0 Å². The summed E-state index contributed by atoms with van der Waals surface area (Å²) in [4.78, 5) is 29.3. The number of benzene rings is 2. The van der Waals surface area contributed by atoms with Gasteiger partial charge in [-0.3, -0.25) is 4.79 Å². The van der Waals surface area contributed by atoms with Crippen LogP contribution in [0.4, 0.5) is 5.69 Å². The summed E-state index contributed by atoms with van der Waals surface area (Å²) in [7, 11) is 0. The minimum Gasteiger partial charge on any atom is -0.449 e. The van der Waals surface area contributed by atoms with Crippen LogP contribution in [0.2, 0.25) is 0 Å². The number of hydrogen-bond acceptors (Lipinski definition) is 6. The van der Waals surface area contributed by atoms with Crippen LogP contribution in [0.25, 0.3) is 0 Å². The molecule has 1 unspecified atom stereocenters. The van der Waals surface area contributed by atoms with Gasteiger partial charge < -0.3 is 10.1 Å². The summed E-state index contributed by atoms with van der Waals surface area (Å²) in [5, 5.41) is 4.73. The zero-order chi connectivity index (χ0) is 19.9. The molecule has 1 heterocycles. The molecule has 1 amide bonds. The Labute approximate surface area is 172 Å². The Morgan fingerprint density at radius 2 is 1.86 bits per heavy atom. The number of esters is 1. The number of ether oxygens (including phenoxy) is 1. The van der Waals surface area contributed by atoms with Gasteiger partial charge in [-0.25, -0.2) is 9.78 Å². The first kappa shape index (κ1) is 20.1. The fourth-order valence-corrected chi connectivity index (χ4v) is 4.28. The van der Waals surface area contributed by atoms with Gasteiger partial charge in [0.15, 0.2) is 6.10 Å². The molecule has 5 nitrogen and oxygen atoms in total. The van der Waals surface area contributed by atoms with Gasteiger partial charge in [0.25, 0.3) is 5.91 Å². The van der Waals surface area contributed by atoms with Crippen molar-refractivity contribution < 1.29 is 14.3 Å². The number of nitrogens with zero attached hydrogens (tertiary/aromatic N) is 1. The smallest absolute Gasteiger partial charge is 0.339 e. The third-order valence-electron chi connectivity index (χ3n) is 3.88. The summed E-state index contributed by atoms with van der Waals surface area (Å²) in [6, 6.07) is 16.3. The number of amides is 1. The highest BCUT2D eigenvalue weighted by atomic mass is 32.2. The number of aromatic nitrogens is 1. The van der Waals surface area contributed by atoms with Crippen molar-refractivity contribution in [1.82, 2.24) is 4.98 Å². The first-order valence-corrected chi connectivity index (χ1v) is 10.6. The van der Waals surface area contributed by atoms with E-state index in [-0.39, 0.29) is 5.91 Å². The fraction of sp³-hybridized carbons (Fsp3) is 0.190. The molecule has 1 atom stereocenters. The Morgan fingerprint density at radius 3 is 2.57 bits per heavy atom. The first-order valence-electron chi connectivity index (χ1n) is 8.72. The molecule has 0 radical (unpaired) electrons. The van der Waals surface area contributed by atoms with E-state index in [4.69, 9.17) is 4.74 Å². The number of aryl methyl sites for hydroxylation is 1. The number of anilines is 1. The Morgan fingerprint density at radius 1 is 1.14 bits per heavy atom. The highest BCUT2D eigenvalue weighted by molar-refractivity contribution is 8.00. The molecule has 0 aliphatic heterocycles. The Bertz CT molecular complexity index is 957.